The number of hydrogen-bond donors (Lipinski definition) is 0. The van der Waals surface area contributed by atoms with E-state index in [-0.39, 0.29) is 12.0 Å². The molecule has 3 nitrogen and oxygen atoms in total. The van der Waals surface area contributed by atoms with Crippen LogP contribution in [0.4, 0.5) is 0 Å². The molecule has 0 aliphatic carbocycles. The SMILES string of the molecule is O=C1OCC2C1N2Cc1ccccc1. The van der Waals surface area contributed by atoms with E-state index in [1.165, 1.54) is 5.56 Å². The van der Waals surface area contributed by atoms with Gasteiger partial charge in [0.25, 0.3) is 0 Å². The van der Waals surface area contributed by atoms with Gasteiger partial charge in [0.15, 0.2) is 0 Å². The predicted molar refractivity (Wildman–Crippen MR) is 50.5 cm³/mol. The average molecular weight is 189 g/mol. The third-order valence-electron chi connectivity index (χ3n) is 2.90. The number of hydrogen-bond acceptors (Lipinski definition) is 3. The molecule has 0 saturated carbocycles. The molecule has 2 aliphatic rings. The Morgan fingerprint density at radius 3 is 2.79 bits per heavy atom. The molecule has 0 radical (unpaired) electrons. The number of fused-ring (bicyclic) bond motifs is 1. The summed E-state index contributed by atoms with van der Waals surface area (Å²) in [7, 11) is 0. The van der Waals surface area contributed by atoms with Crippen LogP contribution in [0.2, 0.25) is 0 Å². The van der Waals surface area contributed by atoms with E-state index in [0.29, 0.717) is 12.6 Å². The van der Waals surface area contributed by atoms with E-state index < -0.39 is 0 Å². The number of ether oxygens (including phenoxy) is 1. The van der Waals surface area contributed by atoms with Crippen molar-refractivity contribution in [1.29, 1.82) is 0 Å². The molecule has 2 heterocycles. The van der Waals surface area contributed by atoms with Crippen molar-refractivity contribution in [2.24, 2.45) is 0 Å². The first kappa shape index (κ1) is 8.00. The summed E-state index contributed by atoms with van der Waals surface area (Å²) < 4.78 is 4.90. The van der Waals surface area contributed by atoms with Gasteiger partial charge in [-0.3, -0.25) is 9.69 Å². The number of morpholine rings is 1. The number of rotatable bonds is 2. The number of cyclic esters (lactones) is 1. The lowest BCUT2D eigenvalue weighted by Gasteiger charge is -2.07. The van der Waals surface area contributed by atoms with E-state index in [0.717, 1.165) is 6.54 Å². The van der Waals surface area contributed by atoms with Crippen molar-refractivity contribution < 1.29 is 9.53 Å². The minimum atomic E-state index is -0.0501. The zero-order valence-corrected chi connectivity index (χ0v) is 7.72. The molecule has 3 heteroatoms. The highest BCUT2D eigenvalue weighted by Gasteiger charge is 2.58. The van der Waals surface area contributed by atoms with Gasteiger partial charge in [-0.25, -0.2) is 0 Å². The average Bonchev–Trinajstić information content (AvgIpc) is 2.75. The second kappa shape index (κ2) is 2.82. The van der Waals surface area contributed by atoms with Crippen molar-refractivity contribution in [3.8, 4) is 0 Å². The number of esters is 1. The molecule has 3 atom stereocenters. The fourth-order valence-electron chi connectivity index (χ4n) is 2.07. The van der Waals surface area contributed by atoms with Crippen LogP contribution in [0.3, 0.4) is 0 Å². The Morgan fingerprint density at radius 1 is 1.36 bits per heavy atom. The first-order valence-electron chi connectivity index (χ1n) is 4.82. The lowest BCUT2D eigenvalue weighted by Crippen LogP contribution is -2.16. The molecular weight excluding hydrogens is 178 g/mol. The van der Waals surface area contributed by atoms with Crippen LogP contribution in [0.15, 0.2) is 30.3 Å². The monoisotopic (exact) mass is 189 g/mol. The Morgan fingerprint density at radius 2 is 2.14 bits per heavy atom. The van der Waals surface area contributed by atoms with Crippen LogP contribution in [-0.2, 0) is 16.1 Å². The molecule has 0 aromatic heterocycles. The number of nitrogens with zero attached hydrogens (tertiary/aromatic N) is 1. The summed E-state index contributed by atoms with van der Waals surface area (Å²) in [4.78, 5) is 13.3. The largest absolute Gasteiger partial charge is 0.463 e. The predicted octanol–water partition coefficient (Wildman–Crippen LogP) is 0.796. The van der Waals surface area contributed by atoms with Crippen LogP contribution < -0.4 is 0 Å². The maximum atomic E-state index is 11.2. The maximum Gasteiger partial charge on any atom is 0.325 e. The highest BCUT2D eigenvalue weighted by molar-refractivity contribution is 5.82. The van der Waals surface area contributed by atoms with Crippen LogP contribution in [0.5, 0.6) is 0 Å². The van der Waals surface area contributed by atoms with Crippen molar-refractivity contribution >= 4 is 5.97 Å². The fraction of sp³-hybridized carbons (Fsp3) is 0.364. The summed E-state index contributed by atoms with van der Waals surface area (Å²) in [5, 5.41) is 0. The summed E-state index contributed by atoms with van der Waals surface area (Å²) in [6.45, 7) is 1.45. The standard InChI is InChI=1S/C11H11NO2/c13-11-10-9(7-14-11)12(10)6-8-4-2-1-3-5-8/h1-5,9-10H,6-7H2. The van der Waals surface area contributed by atoms with Gasteiger partial charge in [0.2, 0.25) is 0 Å². The molecule has 3 unspecified atom stereocenters. The van der Waals surface area contributed by atoms with Crippen molar-refractivity contribution in [2.75, 3.05) is 6.61 Å². The normalized spacial score (nSPS) is 33.7. The molecule has 1 aromatic carbocycles. The van der Waals surface area contributed by atoms with Crippen molar-refractivity contribution in [3.05, 3.63) is 35.9 Å². The first-order valence-corrected chi connectivity index (χ1v) is 4.82. The lowest BCUT2D eigenvalue weighted by atomic mass is 10.2. The highest BCUT2D eigenvalue weighted by atomic mass is 16.5. The first-order chi connectivity index (χ1) is 6.86. The topological polar surface area (TPSA) is 29.3 Å². The van der Waals surface area contributed by atoms with E-state index in [9.17, 15) is 4.79 Å². The third-order valence-corrected chi connectivity index (χ3v) is 2.90. The Labute approximate surface area is 82.3 Å². The number of carbonyl (C=O) groups excluding carboxylic acids is 1. The maximum absolute atomic E-state index is 11.2. The second-order valence-electron chi connectivity index (χ2n) is 3.80. The number of benzene rings is 1. The van der Waals surface area contributed by atoms with Gasteiger partial charge >= 0.3 is 5.97 Å². The van der Waals surface area contributed by atoms with Crippen molar-refractivity contribution in [2.45, 2.75) is 18.6 Å². The van der Waals surface area contributed by atoms with Crippen LogP contribution in [0, 0.1) is 0 Å². The summed E-state index contributed by atoms with van der Waals surface area (Å²) in [6.07, 6.45) is 0. The third kappa shape index (κ3) is 1.13. The summed E-state index contributed by atoms with van der Waals surface area (Å²) in [6, 6.07) is 10.6. The Hall–Kier alpha value is -1.35. The van der Waals surface area contributed by atoms with Gasteiger partial charge in [0.1, 0.15) is 12.6 Å². The molecule has 72 valence electrons. The van der Waals surface area contributed by atoms with Crippen LogP contribution in [0.25, 0.3) is 0 Å². The molecule has 2 saturated heterocycles. The Bertz CT molecular complexity index is 363. The Balaban J connectivity index is 1.69. The van der Waals surface area contributed by atoms with Gasteiger partial charge < -0.3 is 4.74 Å². The molecule has 0 amide bonds. The fourth-order valence-corrected chi connectivity index (χ4v) is 2.07. The summed E-state index contributed by atoms with van der Waals surface area (Å²) in [5.74, 6) is -0.0501. The van der Waals surface area contributed by atoms with Gasteiger partial charge in [0, 0.05) is 6.54 Å². The van der Waals surface area contributed by atoms with Crippen LogP contribution >= 0.6 is 0 Å². The van der Waals surface area contributed by atoms with Gasteiger partial charge in [-0.1, -0.05) is 30.3 Å². The lowest BCUT2D eigenvalue weighted by molar-refractivity contribution is -0.141. The summed E-state index contributed by atoms with van der Waals surface area (Å²) in [5.41, 5.74) is 1.26. The quantitative estimate of drug-likeness (QED) is 0.509. The van der Waals surface area contributed by atoms with Gasteiger partial charge in [-0.05, 0) is 5.56 Å². The molecule has 3 rings (SSSR count). The smallest absolute Gasteiger partial charge is 0.325 e. The van der Waals surface area contributed by atoms with E-state index in [1.807, 2.05) is 18.2 Å². The molecule has 0 spiro atoms. The van der Waals surface area contributed by atoms with Crippen LogP contribution in [0.1, 0.15) is 5.56 Å². The van der Waals surface area contributed by atoms with E-state index in [1.54, 1.807) is 0 Å². The van der Waals surface area contributed by atoms with E-state index in [2.05, 4.69) is 17.0 Å². The van der Waals surface area contributed by atoms with Gasteiger partial charge in [-0.15, -0.1) is 0 Å². The molecule has 0 N–H and O–H groups in total. The zero-order valence-electron chi connectivity index (χ0n) is 7.72. The van der Waals surface area contributed by atoms with Crippen molar-refractivity contribution in [3.63, 3.8) is 0 Å². The van der Waals surface area contributed by atoms with E-state index >= 15 is 0 Å². The van der Waals surface area contributed by atoms with Gasteiger partial charge in [0.05, 0.1) is 6.04 Å². The van der Waals surface area contributed by atoms with Gasteiger partial charge in [-0.2, -0.15) is 0 Å². The second-order valence-corrected chi connectivity index (χ2v) is 3.80. The molecule has 14 heavy (non-hydrogen) atoms. The van der Waals surface area contributed by atoms with Crippen LogP contribution in [-0.4, -0.2) is 29.6 Å². The molecule has 2 fully saturated rings. The molecule has 1 aromatic rings. The molecule has 2 aliphatic heterocycles. The summed E-state index contributed by atoms with van der Waals surface area (Å²) >= 11 is 0. The minimum absolute atomic E-state index is 0.0501. The zero-order chi connectivity index (χ0) is 9.54. The number of carbonyl (C=O) groups is 1. The highest BCUT2D eigenvalue weighted by Crippen LogP contribution is 2.36. The van der Waals surface area contributed by atoms with Crippen molar-refractivity contribution in [1.82, 2.24) is 4.90 Å². The molecular formula is C11H11NO2. The molecule has 0 bridgehead atoms. The minimum Gasteiger partial charge on any atom is -0.463 e. The van der Waals surface area contributed by atoms with E-state index in [4.69, 9.17) is 4.74 Å². The Kier molecular flexibility index (Phi) is 1.61.